The molecule has 1 aliphatic heterocycles. The fourth-order valence-corrected chi connectivity index (χ4v) is 4.16. The minimum atomic E-state index is -3.16. The Morgan fingerprint density at radius 2 is 2.18 bits per heavy atom. The van der Waals surface area contributed by atoms with Gasteiger partial charge in [-0.15, -0.1) is 0 Å². The standard InChI is InChI=1S/C12H18N2O2S/c1-9-3-4-12-11(7-9)14(2)10(5-6-13)8-17(12,15)16/h3-4,7,10H,5-6,8,13H2,1-2H3. The van der Waals surface area contributed by atoms with Gasteiger partial charge in [-0.3, -0.25) is 0 Å². The van der Waals surface area contributed by atoms with E-state index in [2.05, 4.69) is 0 Å². The van der Waals surface area contributed by atoms with Gasteiger partial charge in [-0.1, -0.05) is 6.07 Å². The zero-order chi connectivity index (χ0) is 12.6. The van der Waals surface area contributed by atoms with E-state index in [9.17, 15) is 8.42 Å². The number of nitrogens with zero attached hydrogens (tertiary/aromatic N) is 1. The zero-order valence-electron chi connectivity index (χ0n) is 10.2. The molecule has 1 aromatic carbocycles. The molecule has 17 heavy (non-hydrogen) atoms. The highest BCUT2D eigenvalue weighted by Gasteiger charge is 2.33. The summed E-state index contributed by atoms with van der Waals surface area (Å²) in [6.45, 7) is 2.47. The van der Waals surface area contributed by atoms with Crippen molar-refractivity contribution in [1.82, 2.24) is 0 Å². The molecule has 1 heterocycles. The summed E-state index contributed by atoms with van der Waals surface area (Å²) in [5.41, 5.74) is 7.41. The highest BCUT2D eigenvalue weighted by Crippen LogP contribution is 2.33. The highest BCUT2D eigenvalue weighted by atomic mass is 32.2. The molecule has 0 amide bonds. The quantitative estimate of drug-likeness (QED) is 0.853. The Kier molecular flexibility index (Phi) is 3.14. The van der Waals surface area contributed by atoms with Gasteiger partial charge in [0.1, 0.15) is 0 Å². The van der Waals surface area contributed by atoms with Crippen LogP contribution in [0, 0.1) is 6.92 Å². The Bertz CT molecular complexity index is 525. The first-order chi connectivity index (χ1) is 7.95. The summed E-state index contributed by atoms with van der Waals surface area (Å²) in [4.78, 5) is 2.48. The molecule has 5 heteroatoms. The van der Waals surface area contributed by atoms with Crippen LogP contribution in [0.5, 0.6) is 0 Å². The van der Waals surface area contributed by atoms with Gasteiger partial charge in [0.25, 0.3) is 0 Å². The van der Waals surface area contributed by atoms with Crippen LogP contribution in [-0.2, 0) is 9.84 Å². The van der Waals surface area contributed by atoms with Gasteiger partial charge < -0.3 is 10.6 Å². The monoisotopic (exact) mass is 254 g/mol. The molecule has 0 radical (unpaired) electrons. The lowest BCUT2D eigenvalue weighted by Gasteiger charge is -2.35. The second-order valence-corrected chi connectivity index (χ2v) is 6.60. The van der Waals surface area contributed by atoms with Crippen LogP contribution >= 0.6 is 0 Å². The second-order valence-electron chi connectivity index (χ2n) is 4.59. The molecular formula is C12H18N2O2S. The van der Waals surface area contributed by atoms with Crippen LogP contribution in [0.25, 0.3) is 0 Å². The van der Waals surface area contributed by atoms with Crippen molar-refractivity contribution in [2.45, 2.75) is 24.3 Å². The topological polar surface area (TPSA) is 63.4 Å². The van der Waals surface area contributed by atoms with E-state index in [0.717, 1.165) is 11.3 Å². The van der Waals surface area contributed by atoms with Crippen LogP contribution in [0.4, 0.5) is 5.69 Å². The molecule has 94 valence electrons. The van der Waals surface area contributed by atoms with Gasteiger partial charge in [0, 0.05) is 13.1 Å². The van der Waals surface area contributed by atoms with Crippen LogP contribution in [-0.4, -0.2) is 33.8 Å². The summed E-state index contributed by atoms with van der Waals surface area (Å²) < 4.78 is 24.3. The van der Waals surface area contributed by atoms with Crippen molar-refractivity contribution in [3.05, 3.63) is 23.8 Å². The van der Waals surface area contributed by atoms with Gasteiger partial charge in [-0.2, -0.15) is 0 Å². The van der Waals surface area contributed by atoms with Gasteiger partial charge in [0.05, 0.1) is 16.3 Å². The van der Waals surface area contributed by atoms with Gasteiger partial charge in [-0.25, -0.2) is 8.42 Å². The maximum absolute atomic E-state index is 12.1. The van der Waals surface area contributed by atoms with Crippen molar-refractivity contribution in [2.24, 2.45) is 5.73 Å². The Balaban J connectivity index is 2.53. The van der Waals surface area contributed by atoms with E-state index in [1.54, 1.807) is 6.07 Å². The summed E-state index contributed by atoms with van der Waals surface area (Å²) in [6.07, 6.45) is 0.698. The van der Waals surface area contributed by atoms with Crippen molar-refractivity contribution in [3.63, 3.8) is 0 Å². The van der Waals surface area contributed by atoms with Crippen LogP contribution in [0.1, 0.15) is 12.0 Å². The molecule has 0 aliphatic carbocycles. The number of hydrogen-bond acceptors (Lipinski definition) is 4. The summed E-state index contributed by atoms with van der Waals surface area (Å²) in [7, 11) is -1.22. The predicted octanol–water partition coefficient (Wildman–Crippen LogP) is 0.936. The SMILES string of the molecule is Cc1ccc2c(c1)N(C)C(CCN)CS2(=O)=O. The number of fused-ring (bicyclic) bond motifs is 1. The average Bonchev–Trinajstić information content (AvgIpc) is 2.25. The normalized spacial score (nSPS) is 22.3. The minimum Gasteiger partial charge on any atom is -0.369 e. The van der Waals surface area contributed by atoms with E-state index in [-0.39, 0.29) is 11.8 Å². The first kappa shape index (κ1) is 12.4. The Morgan fingerprint density at radius 1 is 1.47 bits per heavy atom. The van der Waals surface area contributed by atoms with E-state index in [1.807, 2.05) is 31.0 Å². The van der Waals surface area contributed by atoms with Gasteiger partial charge >= 0.3 is 0 Å². The molecule has 0 bridgehead atoms. The number of aryl methyl sites for hydroxylation is 1. The van der Waals surface area contributed by atoms with Gasteiger partial charge in [0.2, 0.25) is 0 Å². The molecule has 4 nitrogen and oxygen atoms in total. The lowest BCUT2D eigenvalue weighted by Crippen LogP contribution is -2.43. The van der Waals surface area contributed by atoms with E-state index >= 15 is 0 Å². The smallest absolute Gasteiger partial charge is 0.182 e. The summed E-state index contributed by atoms with van der Waals surface area (Å²) in [5.74, 6) is 0.163. The zero-order valence-corrected chi connectivity index (χ0v) is 11.0. The predicted molar refractivity (Wildman–Crippen MR) is 69.1 cm³/mol. The molecule has 2 N–H and O–H groups in total. The van der Waals surface area contributed by atoms with Crippen LogP contribution < -0.4 is 10.6 Å². The van der Waals surface area contributed by atoms with Crippen LogP contribution in [0.3, 0.4) is 0 Å². The van der Waals surface area contributed by atoms with E-state index in [4.69, 9.17) is 5.73 Å². The van der Waals surface area contributed by atoms with Gasteiger partial charge in [0.15, 0.2) is 9.84 Å². The number of nitrogens with two attached hydrogens (primary N) is 1. The molecule has 0 fully saturated rings. The third-order valence-corrected chi connectivity index (χ3v) is 5.13. The average molecular weight is 254 g/mol. The van der Waals surface area contributed by atoms with Gasteiger partial charge in [-0.05, 0) is 37.6 Å². The second kappa shape index (κ2) is 4.31. The number of rotatable bonds is 2. The van der Waals surface area contributed by atoms with Crippen molar-refractivity contribution < 1.29 is 8.42 Å². The molecule has 2 rings (SSSR count). The van der Waals surface area contributed by atoms with E-state index in [1.165, 1.54) is 0 Å². The van der Waals surface area contributed by atoms with Crippen LogP contribution in [0.15, 0.2) is 23.1 Å². The fraction of sp³-hybridized carbons (Fsp3) is 0.500. The van der Waals surface area contributed by atoms with E-state index < -0.39 is 9.84 Å². The van der Waals surface area contributed by atoms with Crippen molar-refractivity contribution in [3.8, 4) is 0 Å². The summed E-state index contributed by atoms with van der Waals surface area (Å²) in [5, 5.41) is 0. The van der Waals surface area contributed by atoms with Crippen molar-refractivity contribution in [1.29, 1.82) is 0 Å². The fourth-order valence-electron chi connectivity index (χ4n) is 2.29. The number of hydrogen-bond donors (Lipinski definition) is 1. The van der Waals surface area contributed by atoms with Crippen molar-refractivity contribution >= 4 is 15.5 Å². The maximum Gasteiger partial charge on any atom is 0.182 e. The molecule has 1 aromatic rings. The first-order valence-corrected chi connectivity index (χ1v) is 7.37. The number of sulfone groups is 1. The lowest BCUT2D eigenvalue weighted by molar-refractivity contribution is 0.560. The first-order valence-electron chi connectivity index (χ1n) is 5.72. The molecule has 0 saturated heterocycles. The third kappa shape index (κ3) is 2.17. The highest BCUT2D eigenvalue weighted by molar-refractivity contribution is 7.91. The molecule has 1 atom stereocenters. The molecule has 0 spiro atoms. The maximum atomic E-state index is 12.1. The van der Waals surface area contributed by atoms with E-state index in [0.29, 0.717) is 17.9 Å². The number of anilines is 1. The molecule has 1 unspecified atom stereocenters. The molecule has 0 aromatic heterocycles. The van der Waals surface area contributed by atoms with Crippen molar-refractivity contribution in [2.75, 3.05) is 24.2 Å². The molecule has 1 aliphatic rings. The van der Waals surface area contributed by atoms with Crippen LogP contribution in [0.2, 0.25) is 0 Å². The molecule has 0 saturated carbocycles. The Morgan fingerprint density at radius 3 is 2.82 bits per heavy atom. The summed E-state index contributed by atoms with van der Waals surface area (Å²) >= 11 is 0. The largest absolute Gasteiger partial charge is 0.369 e. The lowest BCUT2D eigenvalue weighted by atomic mass is 10.1. The Hall–Kier alpha value is -1.07. The third-order valence-electron chi connectivity index (χ3n) is 3.29. The molecular weight excluding hydrogens is 236 g/mol. The number of benzene rings is 1. The summed E-state index contributed by atoms with van der Waals surface area (Å²) in [6, 6.07) is 5.46. The minimum absolute atomic E-state index is 0.0145. The Labute approximate surface area is 102 Å².